The number of ether oxygens (including phenoxy) is 1. The van der Waals surface area contributed by atoms with E-state index >= 15 is 0 Å². The molecular weight excluding hydrogens is 346 g/mol. The van der Waals surface area contributed by atoms with Crippen LogP contribution in [0, 0.1) is 5.92 Å². The van der Waals surface area contributed by atoms with Gasteiger partial charge in [0.1, 0.15) is 12.1 Å². The van der Waals surface area contributed by atoms with Gasteiger partial charge < -0.3 is 20.3 Å². The van der Waals surface area contributed by atoms with Crippen molar-refractivity contribution in [2.24, 2.45) is 5.92 Å². The highest BCUT2D eigenvalue weighted by atomic mass is 16.6. The first-order valence-electron chi connectivity index (χ1n) is 8.86. The molecular formula is C19H23N5O3. The van der Waals surface area contributed by atoms with Crippen molar-refractivity contribution in [1.29, 1.82) is 0 Å². The lowest BCUT2D eigenvalue weighted by atomic mass is 9.97. The highest BCUT2D eigenvalue weighted by Crippen LogP contribution is 2.36. The zero-order chi connectivity index (χ0) is 19.2. The van der Waals surface area contributed by atoms with Gasteiger partial charge in [-0.1, -0.05) is 6.07 Å². The maximum absolute atomic E-state index is 12.7. The minimum absolute atomic E-state index is 0.0390. The van der Waals surface area contributed by atoms with Gasteiger partial charge >= 0.3 is 6.09 Å². The molecule has 1 saturated heterocycles. The fraction of sp³-hybridized carbons (Fsp3) is 0.368. The predicted octanol–water partition coefficient (Wildman–Crippen LogP) is 2.14. The van der Waals surface area contributed by atoms with Crippen molar-refractivity contribution in [3.8, 4) is 17.0 Å². The van der Waals surface area contributed by atoms with Crippen molar-refractivity contribution in [3.63, 3.8) is 0 Å². The minimum atomic E-state index is -0.507. The lowest BCUT2D eigenvalue weighted by molar-refractivity contribution is -0.120. The summed E-state index contributed by atoms with van der Waals surface area (Å²) < 4.78 is 5.49. The van der Waals surface area contributed by atoms with Gasteiger partial charge in [-0.15, -0.1) is 0 Å². The highest BCUT2D eigenvalue weighted by Gasteiger charge is 2.23. The van der Waals surface area contributed by atoms with Gasteiger partial charge in [0, 0.05) is 26.2 Å². The number of hydrogen-bond acceptors (Lipinski definition) is 6. The number of piperidine rings is 1. The molecule has 2 aromatic rings. The molecule has 0 saturated carbocycles. The number of anilines is 1. The molecule has 0 bridgehead atoms. The van der Waals surface area contributed by atoms with Gasteiger partial charge in [0.15, 0.2) is 0 Å². The zero-order valence-corrected chi connectivity index (χ0v) is 15.4. The Morgan fingerprint density at radius 3 is 2.67 bits per heavy atom. The van der Waals surface area contributed by atoms with E-state index in [4.69, 9.17) is 4.74 Å². The third-order valence-electron chi connectivity index (χ3n) is 4.39. The Morgan fingerprint density at radius 2 is 2.00 bits per heavy atom. The van der Waals surface area contributed by atoms with Crippen LogP contribution in [0.2, 0.25) is 0 Å². The van der Waals surface area contributed by atoms with Gasteiger partial charge in [-0.3, -0.25) is 4.79 Å². The third-order valence-corrected chi connectivity index (χ3v) is 4.39. The summed E-state index contributed by atoms with van der Waals surface area (Å²) in [6.45, 7) is 1.66. The maximum atomic E-state index is 12.7. The van der Waals surface area contributed by atoms with Crippen molar-refractivity contribution in [2.45, 2.75) is 12.8 Å². The van der Waals surface area contributed by atoms with E-state index in [-0.39, 0.29) is 11.8 Å². The van der Waals surface area contributed by atoms with Crippen LogP contribution in [0.25, 0.3) is 11.3 Å². The summed E-state index contributed by atoms with van der Waals surface area (Å²) >= 11 is 0. The molecule has 1 aliphatic rings. The fourth-order valence-electron chi connectivity index (χ4n) is 2.93. The molecule has 0 unspecified atom stereocenters. The Morgan fingerprint density at radius 1 is 1.22 bits per heavy atom. The molecule has 27 heavy (non-hydrogen) atoms. The standard InChI is InChI=1S/C19H23N5O3/c1-24(2)19(26)27-16-5-3-4-15(17(16)14-8-11-21-12-22-14)23-18(25)13-6-9-20-10-7-13/h3-5,8,11-13,20H,6-7,9-10H2,1-2H3,(H,23,25). The average Bonchev–Trinajstić information content (AvgIpc) is 2.69. The van der Waals surface area contributed by atoms with Crippen LogP contribution in [0.3, 0.4) is 0 Å². The molecule has 2 amide bonds. The van der Waals surface area contributed by atoms with Crippen LogP contribution in [0.4, 0.5) is 10.5 Å². The molecule has 0 aliphatic carbocycles. The lowest BCUT2D eigenvalue weighted by Gasteiger charge is -2.23. The summed E-state index contributed by atoms with van der Waals surface area (Å²) in [5, 5.41) is 6.24. The summed E-state index contributed by atoms with van der Waals surface area (Å²) in [5.74, 6) is 0.246. The normalized spacial score (nSPS) is 14.4. The average molecular weight is 369 g/mol. The first kappa shape index (κ1) is 18.8. The molecule has 2 N–H and O–H groups in total. The zero-order valence-electron chi connectivity index (χ0n) is 15.4. The number of nitrogens with one attached hydrogen (secondary N) is 2. The Labute approximate surface area is 158 Å². The molecule has 1 fully saturated rings. The Bertz CT molecular complexity index is 804. The van der Waals surface area contributed by atoms with Gasteiger partial charge in [-0.2, -0.15) is 0 Å². The van der Waals surface area contributed by atoms with E-state index in [1.807, 2.05) is 0 Å². The highest BCUT2D eigenvalue weighted by molar-refractivity contribution is 5.98. The van der Waals surface area contributed by atoms with Crippen LogP contribution >= 0.6 is 0 Å². The lowest BCUT2D eigenvalue weighted by Crippen LogP contribution is -2.34. The van der Waals surface area contributed by atoms with Crippen LogP contribution in [-0.2, 0) is 4.79 Å². The van der Waals surface area contributed by atoms with Crippen LogP contribution in [0.1, 0.15) is 12.8 Å². The van der Waals surface area contributed by atoms with Gasteiger partial charge in [-0.05, 0) is 44.1 Å². The molecule has 142 valence electrons. The quantitative estimate of drug-likeness (QED) is 0.857. The molecule has 1 aromatic carbocycles. The third kappa shape index (κ3) is 4.59. The van der Waals surface area contributed by atoms with Crippen LogP contribution in [-0.4, -0.2) is 54.1 Å². The summed E-state index contributed by atoms with van der Waals surface area (Å²) in [4.78, 5) is 34.3. The molecule has 2 heterocycles. The van der Waals surface area contributed by atoms with Crippen LogP contribution in [0.15, 0.2) is 36.8 Å². The van der Waals surface area contributed by atoms with Crippen molar-refractivity contribution in [3.05, 3.63) is 36.8 Å². The maximum Gasteiger partial charge on any atom is 0.414 e. The summed E-state index contributed by atoms with van der Waals surface area (Å²) in [5.41, 5.74) is 1.67. The second-order valence-corrected chi connectivity index (χ2v) is 6.55. The number of amides is 2. The van der Waals surface area contributed by atoms with E-state index in [1.54, 1.807) is 44.6 Å². The first-order valence-corrected chi connectivity index (χ1v) is 8.86. The smallest absolute Gasteiger partial charge is 0.409 e. The summed E-state index contributed by atoms with van der Waals surface area (Å²) in [6, 6.07) is 6.91. The predicted molar refractivity (Wildman–Crippen MR) is 101 cm³/mol. The fourth-order valence-corrected chi connectivity index (χ4v) is 2.93. The number of rotatable bonds is 4. The number of aromatic nitrogens is 2. The molecule has 0 radical (unpaired) electrons. The van der Waals surface area contributed by atoms with Gasteiger partial charge in [-0.25, -0.2) is 14.8 Å². The summed E-state index contributed by atoms with van der Waals surface area (Å²) in [7, 11) is 3.21. The second kappa shape index (κ2) is 8.59. The first-order chi connectivity index (χ1) is 13.1. The van der Waals surface area contributed by atoms with Crippen molar-refractivity contribution in [2.75, 3.05) is 32.5 Å². The van der Waals surface area contributed by atoms with E-state index in [9.17, 15) is 9.59 Å². The second-order valence-electron chi connectivity index (χ2n) is 6.55. The van der Waals surface area contributed by atoms with Crippen molar-refractivity contribution in [1.82, 2.24) is 20.2 Å². The van der Waals surface area contributed by atoms with Crippen LogP contribution in [0.5, 0.6) is 5.75 Å². The molecule has 1 aromatic heterocycles. The summed E-state index contributed by atoms with van der Waals surface area (Å²) in [6.07, 6.45) is 4.10. The minimum Gasteiger partial charge on any atom is -0.409 e. The number of carbonyl (C=O) groups excluding carboxylic acids is 2. The monoisotopic (exact) mass is 369 g/mol. The van der Waals surface area contributed by atoms with Crippen LogP contribution < -0.4 is 15.4 Å². The molecule has 1 aliphatic heterocycles. The number of benzene rings is 1. The molecule has 8 heteroatoms. The van der Waals surface area contributed by atoms with Gasteiger partial charge in [0.25, 0.3) is 0 Å². The number of hydrogen-bond donors (Lipinski definition) is 2. The Kier molecular flexibility index (Phi) is 5.97. The molecule has 0 atom stereocenters. The SMILES string of the molecule is CN(C)C(=O)Oc1cccc(NC(=O)C2CCNCC2)c1-c1ccncn1. The van der Waals surface area contributed by atoms with E-state index in [0.29, 0.717) is 22.7 Å². The molecule has 3 rings (SSSR count). The van der Waals surface area contributed by atoms with E-state index < -0.39 is 6.09 Å². The van der Waals surface area contributed by atoms with Gasteiger partial charge in [0.2, 0.25) is 5.91 Å². The van der Waals surface area contributed by atoms with Gasteiger partial charge in [0.05, 0.1) is 16.9 Å². The molecule has 0 spiro atoms. The Balaban J connectivity index is 1.94. The Hall–Kier alpha value is -3.00. The molecule has 8 nitrogen and oxygen atoms in total. The van der Waals surface area contributed by atoms with E-state index in [2.05, 4.69) is 20.6 Å². The topological polar surface area (TPSA) is 96.5 Å². The van der Waals surface area contributed by atoms with E-state index in [1.165, 1.54) is 11.2 Å². The van der Waals surface area contributed by atoms with Crippen molar-refractivity contribution >= 4 is 17.7 Å². The number of nitrogens with zero attached hydrogens (tertiary/aromatic N) is 3. The van der Waals surface area contributed by atoms with E-state index in [0.717, 1.165) is 25.9 Å². The largest absolute Gasteiger partial charge is 0.414 e. The number of carbonyl (C=O) groups is 2. The van der Waals surface area contributed by atoms with Crippen molar-refractivity contribution < 1.29 is 14.3 Å².